The summed E-state index contributed by atoms with van der Waals surface area (Å²) >= 11 is 0. The summed E-state index contributed by atoms with van der Waals surface area (Å²) in [5, 5.41) is 0. The van der Waals surface area contributed by atoms with Crippen molar-refractivity contribution in [3.63, 3.8) is 0 Å². The third-order valence-corrected chi connectivity index (χ3v) is 1.52. The van der Waals surface area contributed by atoms with Crippen LogP contribution in [0, 0.1) is 5.92 Å². The van der Waals surface area contributed by atoms with Gasteiger partial charge in [-0.2, -0.15) is 0 Å². The molecule has 0 aliphatic rings. The van der Waals surface area contributed by atoms with Gasteiger partial charge in [-0.25, -0.2) is 0 Å². The van der Waals surface area contributed by atoms with E-state index in [1.807, 2.05) is 19.9 Å². The van der Waals surface area contributed by atoms with E-state index in [0.717, 1.165) is 0 Å². The second-order valence-electron chi connectivity index (χ2n) is 2.91. The van der Waals surface area contributed by atoms with Crippen molar-refractivity contribution in [2.75, 3.05) is 0 Å². The highest BCUT2D eigenvalue weighted by Gasteiger charge is 2.01. The van der Waals surface area contributed by atoms with Crippen LogP contribution in [0.5, 0.6) is 0 Å². The Bertz CT molecular complexity index is 268. The molecule has 0 spiro atoms. The van der Waals surface area contributed by atoms with Crippen LogP contribution in [0.25, 0.3) is 6.08 Å². The van der Waals surface area contributed by atoms with Gasteiger partial charge in [0.15, 0.2) is 5.78 Å². The van der Waals surface area contributed by atoms with Gasteiger partial charge in [-0.15, -0.1) is 0 Å². The minimum Gasteiger partial charge on any atom is -0.465 e. The van der Waals surface area contributed by atoms with E-state index in [0.29, 0.717) is 5.76 Å². The maximum absolute atomic E-state index is 11.1. The first-order chi connectivity index (χ1) is 5.70. The van der Waals surface area contributed by atoms with Crippen molar-refractivity contribution in [2.24, 2.45) is 5.92 Å². The fourth-order valence-corrected chi connectivity index (χ4v) is 0.743. The normalized spacial score (nSPS) is 11.2. The van der Waals surface area contributed by atoms with Crippen molar-refractivity contribution >= 4 is 11.9 Å². The summed E-state index contributed by atoms with van der Waals surface area (Å²) in [5.74, 6) is 0.881. The third kappa shape index (κ3) is 2.38. The van der Waals surface area contributed by atoms with E-state index in [9.17, 15) is 4.79 Å². The Morgan fingerprint density at radius 3 is 2.83 bits per heavy atom. The topological polar surface area (TPSA) is 30.2 Å². The first-order valence-electron chi connectivity index (χ1n) is 3.95. The fourth-order valence-electron chi connectivity index (χ4n) is 0.743. The molecule has 0 aromatic carbocycles. The van der Waals surface area contributed by atoms with Crippen molar-refractivity contribution in [1.82, 2.24) is 0 Å². The summed E-state index contributed by atoms with van der Waals surface area (Å²) in [6.45, 7) is 3.74. The Morgan fingerprint density at radius 1 is 1.58 bits per heavy atom. The van der Waals surface area contributed by atoms with Crippen LogP contribution in [0.3, 0.4) is 0 Å². The monoisotopic (exact) mass is 164 g/mol. The van der Waals surface area contributed by atoms with E-state index in [2.05, 4.69) is 0 Å². The molecule has 0 aliphatic heterocycles. The van der Waals surface area contributed by atoms with Gasteiger partial charge in [0.05, 0.1) is 6.26 Å². The highest BCUT2D eigenvalue weighted by molar-refractivity contribution is 5.94. The van der Waals surface area contributed by atoms with Crippen molar-refractivity contribution < 1.29 is 9.21 Å². The van der Waals surface area contributed by atoms with Crippen LogP contribution in [0.1, 0.15) is 19.6 Å². The molecule has 1 aromatic rings. The van der Waals surface area contributed by atoms with Gasteiger partial charge >= 0.3 is 0 Å². The fraction of sp³-hybridized carbons (Fsp3) is 0.300. The highest BCUT2D eigenvalue weighted by atomic mass is 16.3. The molecule has 0 saturated heterocycles. The highest BCUT2D eigenvalue weighted by Crippen LogP contribution is 2.04. The number of ketones is 1. The van der Waals surface area contributed by atoms with E-state index in [1.165, 1.54) is 0 Å². The third-order valence-electron chi connectivity index (χ3n) is 1.52. The molecular weight excluding hydrogens is 152 g/mol. The largest absolute Gasteiger partial charge is 0.465 e. The summed E-state index contributed by atoms with van der Waals surface area (Å²) in [6, 6.07) is 3.60. The number of rotatable bonds is 3. The lowest BCUT2D eigenvalue weighted by Crippen LogP contribution is -2.01. The Balaban J connectivity index is 2.57. The average Bonchev–Trinajstić information content (AvgIpc) is 2.51. The molecule has 1 heterocycles. The average molecular weight is 164 g/mol. The second-order valence-corrected chi connectivity index (χ2v) is 2.91. The Hall–Kier alpha value is -1.31. The predicted molar refractivity (Wildman–Crippen MR) is 47.6 cm³/mol. The number of furan rings is 1. The summed E-state index contributed by atoms with van der Waals surface area (Å²) in [5.41, 5.74) is 0. The molecule has 0 aliphatic carbocycles. The van der Waals surface area contributed by atoms with Gasteiger partial charge in [0.2, 0.25) is 0 Å². The van der Waals surface area contributed by atoms with Crippen LogP contribution in [0.4, 0.5) is 0 Å². The minimum atomic E-state index is 0.0520. The van der Waals surface area contributed by atoms with Crippen LogP contribution in [-0.2, 0) is 4.79 Å². The standard InChI is InChI=1S/C10H12O2/c1-8(2)10(11)6-5-9-4-3-7-12-9/h3-8H,1-2H3. The van der Waals surface area contributed by atoms with E-state index in [1.54, 1.807) is 24.5 Å². The van der Waals surface area contributed by atoms with Crippen LogP contribution < -0.4 is 0 Å². The van der Waals surface area contributed by atoms with Crippen LogP contribution in [0.2, 0.25) is 0 Å². The van der Waals surface area contributed by atoms with Crippen LogP contribution in [0.15, 0.2) is 28.9 Å². The molecule has 0 amide bonds. The quantitative estimate of drug-likeness (QED) is 0.642. The minimum absolute atomic E-state index is 0.0520. The van der Waals surface area contributed by atoms with Gasteiger partial charge in [0, 0.05) is 5.92 Å². The van der Waals surface area contributed by atoms with Crippen molar-refractivity contribution in [2.45, 2.75) is 13.8 Å². The van der Waals surface area contributed by atoms with Gasteiger partial charge in [-0.3, -0.25) is 4.79 Å². The molecule has 1 aromatic heterocycles. The summed E-state index contributed by atoms with van der Waals surface area (Å²) in [7, 11) is 0. The molecule has 0 saturated carbocycles. The van der Waals surface area contributed by atoms with E-state index < -0.39 is 0 Å². The lowest BCUT2D eigenvalue weighted by Gasteiger charge is -1.94. The van der Waals surface area contributed by atoms with E-state index >= 15 is 0 Å². The first-order valence-corrected chi connectivity index (χ1v) is 3.95. The van der Waals surface area contributed by atoms with Crippen LogP contribution in [-0.4, -0.2) is 5.78 Å². The van der Waals surface area contributed by atoms with Gasteiger partial charge in [0.1, 0.15) is 5.76 Å². The van der Waals surface area contributed by atoms with Crippen molar-refractivity contribution in [1.29, 1.82) is 0 Å². The molecule has 0 N–H and O–H groups in total. The molecule has 0 radical (unpaired) electrons. The van der Waals surface area contributed by atoms with E-state index in [4.69, 9.17) is 4.42 Å². The molecule has 2 nitrogen and oxygen atoms in total. The van der Waals surface area contributed by atoms with Gasteiger partial charge in [-0.1, -0.05) is 13.8 Å². The van der Waals surface area contributed by atoms with Gasteiger partial charge in [0.25, 0.3) is 0 Å². The van der Waals surface area contributed by atoms with Crippen molar-refractivity contribution in [3.8, 4) is 0 Å². The van der Waals surface area contributed by atoms with Gasteiger partial charge in [-0.05, 0) is 24.3 Å². The molecule has 2 heteroatoms. The number of carbonyl (C=O) groups excluding carboxylic acids is 1. The SMILES string of the molecule is CC(C)C(=O)C=Cc1ccco1. The zero-order chi connectivity index (χ0) is 8.97. The number of hydrogen-bond donors (Lipinski definition) is 0. The smallest absolute Gasteiger partial charge is 0.158 e. The lowest BCUT2D eigenvalue weighted by molar-refractivity contribution is -0.117. The lowest BCUT2D eigenvalue weighted by atomic mass is 10.1. The molecule has 0 bridgehead atoms. The maximum atomic E-state index is 11.1. The van der Waals surface area contributed by atoms with E-state index in [-0.39, 0.29) is 11.7 Å². The Labute approximate surface area is 71.9 Å². The molecule has 0 fully saturated rings. The maximum Gasteiger partial charge on any atom is 0.158 e. The summed E-state index contributed by atoms with van der Waals surface area (Å²) in [6.07, 6.45) is 4.81. The molecule has 1 rings (SSSR count). The predicted octanol–water partition coefficient (Wildman–Crippen LogP) is 2.52. The molecule has 0 atom stereocenters. The molecule has 64 valence electrons. The second kappa shape index (κ2) is 3.90. The number of allylic oxidation sites excluding steroid dienone is 1. The first kappa shape index (κ1) is 8.78. The number of hydrogen-bond acceptors (Lipinski definition) is 2. The zero-order valence-corrected chi connectivity index (χ0v) is 7.28. The van der Waals surface area contributed by atoms with Crippen molar-refractivity contribution in [3.05, 3.63) is 30.2 Å². The molecule has 12 heavy (non-hydrogen) atoms. The Kier molecular flexibility index (Phi) is 2.86. The molecule has 0 unspecified atom stereocenters. The zero-order valence-electron chi connectivity index (χ0n) is 7.28. The summed E-state index contributed by atoms with van der Waals surface area (Å²) < 4.78 is 5.02. The summed E-state index contributed by atoms with van der Waals surface area (Å²) in [4.78, 5) is 11.1. The Morgan fingerprint density at radius 2 is 2.33 bits per heavy atom. The van der Waals surface area contributed by atoms with Crippen LogP contribution >= 0.6 is 0 Å². The van der Waals surface area contributed by atoms with Gasteiger partial charge < -0.3 is 4.42 Å². The number of carbonyl (C=O) groups is 1. The molecular formula is C10H12O2.